The highest BCUT2D eigenvalue weighted by Crippen LogP contribution is 2.16. The molecule has 1 aromatic rings. The van der Waals surface area contributed by atoms with Crippen LogP contribution in [0.15, 0.2) is 21.6 Å². The van der Waals surface area contributed by atoms with Gasteiger partial charge in [-0.3, -0.25) is 0 Å². The van der Waals surface area contributed by atoms with E-state index in [-0.39, 0.29) is 5.09 Å². The van der Waals surface area contributed by atoms with Gasteiger partial charge >= 0.3 is 0 Å². The van der Waals surface area contributed by atoms with Gasteiger partial charge in [0.2, 0.25) is 5.09 Å². The first-order chi connectivity index (χ1) is 8.87. The van der Waals surface area contributed by atoms with Crippen LogP contribution in [-0.2, 0) is 16.6 Å². The fourth-order valence-electron chi connectivity index (χ4n) is 1.41. The van der Waals surface area contributed by atoms with E-state index in [1.54, 1.807) is 6.07 Å². The highest BCUT2D eigenvalue weighted by molar-refractivity contribution is 7.88. The minimum absolute atomic E-state index is 0.0139. The van der Waals surface area contributed by atoms with Gasteiger partial charge in [-0.25, -0.2) is 12.7 Å². The van der Waals surface area contributed by atoms with Gasteiger partial charge in [0.05, 0.1) is 6.54 Å². The Hall–Kier alpha value is -0.890. The van der Waals surface area contributed by atoms with Gasteiger partial charge in [0.15, 0.2) is 0 Å². The van der Waals surface area contributed by atoms with E-state index < -0.39 is 10.0 Å². The minimum atomic E-state index is -3.47. The SMILES string of the molecule is CCN(C)CCNCc1ccc(S(=O)(=O)N(C)C)o1. The van der Waals surface area contributed by atoms with E-state index >= 15 is 0 Å². The van der Waals surface area contributed by atoms with E-state index in [4.69, 9.17) is 4.42 Å². The van der Waals surface area contributed by atoms with Gasteiger partial charge in [-0.05, 0) is 25.7 Å². The highest BCUT2D eigenvalue weighted by atomic mass is 32.2. The van der Waals surface area contributed by atoms with Gasteiger partial charge in [-0.2, -0.15) is 0 Å². The summed E-state index contributed by atoms with van der Waals surface area (Å²) < 4.78 is 30.1. The number of rotatable bonds is 8. The van der Waals surface area contributed by atoms with Crippen LogP contribution in [0.25, 0.3) is 0 Å². The summed E-state index contributed by atoms with van der Waals surface area (Å²) in [4.78, 5) is 2.19. The Bertz CT molecular complexity index is 482. The first-order valence-corrected chi connectivity index (χ1v) is 7.72. The van der Waals surface area contributed by atoms with Crippen molar-refractivity contribution in [1.82, 2.24) is 14.5 Å². The summed E-state index contributed by atoms with van der Waals surface area (Å²) in [7, 11) is 1.54. The van der Waals surface area contributed by atoms with Crippen LogP contribution in [0.1, 0.15) is 12.7 Å². The minimum Gasteiger partial charge on any atom is -0.447 e. The second-order valence-electron chi connectivity index (χ2n) is 4.58. The second-order valence-corrected chi connectivity index (χ2v) is 6.66. The van der Waals surface area contributed by atoms with Gasteiger partial charge in [-0.1, -0.05) is 6.92 Å². The lowest BCUT2D eigenvalue weighted by Crippen LogP contribution is -2.28. The molecule has 0 radical (unpaired) electrons. The number of hydrogen-bond donors (Lipinski definition) is 1. The van der Waals surface area contributed by atoms with Crippen molar-refractivity contribution in [3.63, 3.8) is 0 Å². The molecule has 1 rings (SSSR count). The lowest BCUT2D eigenvalue weighted by molar-refractivity contribution is 0.340. The molecule has 0 aliphatic carbocycles. The molecule has 0 atom stereocenters. The molecule has 0 aromatic carbocycles. The predicted octanol–water partition coefficient (Wildman–Crippen LogP) is 0.571. The van der Waals surface area contributed by atoms with Crippen molar-refractivity contribution >= 4 is 10.0 Å². The third kappa shape index (κ3) is 4.61. The summed E-state index contributed by atoms with van der Waals surface area (Å²) in [6.45, 7) is 5.42. The summed E-state index contributed by atoms with van der Waals surface area (Å²) >= 11 is 0. The Kier molecular flexibility index (Phi) is 5.99. The van der Waals surface area contributed by atoms with Gasteiger partial charge in [-0.15, -0.1) is 0 Å². The van der Waals surface area contributed by atoms with E-state index in [1.807, 2.05) is 0 Å². The van der Waals surface area contributed by atoms with Gasteiger partial charge in [0.25, 0.3) is 10.0 Å². The summed E-state index contributed by atoms with van der Waals surface area (Å²) in [5.74, 6) is 0.625. The Morgan fingerprint density at radius 1 is 1.26 bits per heavy atom. The molecule has 1 aromatic heterocycles. The molecule has 6 nitrogen and oxygen atoms in total. The first-order valence-electron chi connectivity index (χ1n) is 6.28. The maximum atomic E-state index is 11.8. The Balaban J connectivity index is 2.48. The van der Waals surface area contributed by atoms with E-state index in [1.165, 1.54) is 20.2 Å². The molecule has 0 unspecified atom stereocenters. The Morgan fingerprint density at radius 2 is 1.95 bits per heavy atom. The van der Waals surface area contributed by atoms with Crippen LogP contribution in [0.2, 0.25) is 0 Å². The highest BCUT2D eigenvalue weighted by Gasteiger charge is 2.21. The summed E-state index contributed by atoms with van der Waals surface area (Å²) in [6, 6.07) is 3.18. The zero-order valence-corrected chi connectivity index (χ0v) is 12.8. The molecular weight excluding hydrogens is 266 g/mol. The number of hydrogen-bond acceptors (Lipinski definition) is 5. The van der Waals surface area contributed by atoms with Crippen molar-refractivity contribution in [2.45, 2.75) is 18.6 Å². The molecule has 0 bridgehead atoms. The standard InChI is InChI=1S/C12H23N3O3S/c1-5-15(4)9-8-13-10-11-6-7-12(18-11)19(16,17)14(2)3/h6-7,13H,5,8-10H2,1-4H3. The van der Waals surface area contributed by atoms with Crippen LogP contribution in [-0.4, -0.2) is 58.4 Å². The fraction of sp³-hybridized carbons (Fsp3) is 0.667. The number of nitrogens with one attached hydrogen (secondary N) is 1. The molecule has 0 saturated carbocycles. The molecule has 0 fully saturated rings. The van der Waals surface area contributed by atoms with Crippen molar-refractivity contribution in [2.24, 2.45) is 0 Å². The van der Waals surface area contributed by atoms with E-state index in [0.29, 0.717) is 12.3 Å². The van der Waals surface area contributed by atoms with Crippen LogP contribution >= 0.6 is 0 Å². The zero-order valence-electron chi connectivity index (χ0n) is 12.0. The van der Waals surface area contributed by atoms with E-state index in [9.17, 15) is 8.42 Å². The average molecular weight is 289 g/mol. The van der Waals surface area contributed by atoms with Crippen LogP contribution < -0.4 is 5.32 Å². The predicted molar refractivity (Wildman–Crippen MR) is 74.5 cm³/mol. The summed E-state index contributed by atoms with van der Waals surface area (Å²) in [5, 5.41) is 3.20. The lowest BCUT2D eigenvalue weighted by atomic mass is 10.4. The molecule has 19 heavy (non-hydrogen) atoms. The van der Waals surface area contributed by atoms with Gasteiger partial charge in [0, 0.05) is 27.2 Å². The maximum Gasteiger partial charge on any atom is 0.275 e. The topological polar surface area (TPSA) is 65.8 Å². The van der Waals surface area contributed by atoms with Crippen LogP contribution in [0.3, 0.4) is 0 Å². The summed E-state index contributed by atoms with van der Waals surface area (Å²) in [6.07, 6.45) is 0. The van der Waals surface area contributed by atoms with Crippen LogP contribution in [0, 0.1) is 0 Å². The lowest BCUT2D eigenvalue weighted by Gasteiger charge is -2.13. The number of furan rings is 1. The number of nitrogens with zero attached hydrogens (tertiary/aromatic N) is 2. The van der Waals surface area contributed by atoms with Crippen molar-refractivity contribution in [3.8, 4) is 0 Å². The van der Waals surface area contributed by atoms with E-state index in [2.05, 4.69) is 24.2 Å². The molecule has 1 heterocycles. The molecule has 0 aliphatic rings. The monoisotopic (exact) mass is 289 g/mol. The molecule has 0 amide bonds. The number of sulfonamides is 1. The third-order valence-corrected chi connectivity index (χ3v) is 4.57. The molecule has 1 N–H and O–H groups in total. The average Bonchev–Trinajstić information content (AvgIpc) is 2.83. The summed E-state index contributed by atoms with van der Waals surface area (Å²) in [5.41, 5.74) is 0. The normalized spacial score (nSPS) is 12.5. The molecule has 110 valence electrons. The third-order valence-electron chi connectivity index (χ3n) is 2.88. The molecular formula is C12H23N3O3S. The van der Waals surface area contributed by atoms with Crippen molar-refractivity contribution in [1.29, 1.82) is 0 Å². The van der Waals surface area contributed by atoms with Crippen molar-refractivity contribution < 1.29 is 12.8 Å². The van der Waals surface area contributed by atoms with E-state index in [0.717, 1.165) is 23.9 Å². The molecule has 0 saturated heterocycles. The van der Waals surface area contributed by atoms with Gasteiger partial charge < -0.3 is 14.6 Å². The van der Waals surface area contributed by atoms with Crippen LogP contribution in [0.4, 0.5) is 0 Å². The zero-order chi connectivity index (χ0) is 14.5. The van der Waals surface area contributed by atoms with Crippen LogP contribution in [0.5, 0.6) is 0 Å². The Labute approximate surface area is 115 Å². The largest absolute Gasteiger partial charge is 0.447 e. The quantitative estimate of drug-likeness (QED) is 0.709. The molecule has 7 heteroatoms. The second kappa shape index (κ2) is 7.04. The van der Waals surface area contributed by atoms with Crippen molar-refractivity contribution in [3.05, 3.63) is 17.9 Å². The van der Waals surface area contributed by atoms with Gasteiger partial charge in [0.1, 0.15) is 5.76 Å². The fourth-order valence-corrected chi connectivity index (χ4v) is 2.22. The Morgan fingerprint density at radius 3 is 2.53 bits per heavy atom. The first kappa shape index (κ1) is 16.2. The van der Waals surface area contributed by atoms with Crippen molar-refractivity contribution in [2.75, 3.05) is 40.8 Å². The molecule has 0 aliphatic heterocycles. The molecule has 0 spiro atoms. The number of likely N-dealkylation sites (N-methyl/N-ethyl adjacent to an activating group) is 1. The smallest absolute Gasteiger partial charge is 0.275 e. The maximum absolute atomic E-state index is 11.8.